The number of alkyl halides is 1. The van der Waals surface area contributed by atoms with Crippen molar-refractivity contribution in [2.45, 2.75) is 11.8 Å². The Hall–Kier alpha value is -0.310. The Balaban J connectivity index is 2.17. The Labute approximate surface area is 123 Å². The van der Waals surface area contributed by atoms with Gasteiger partial charge in [-0.15, -0.1) is 11.6 Å². The molecular formula is C14H11Br2Cl. The fraction of sp³-hybridized carbons (Fsp3) is 0.143. The predicted octanol–water partition coefficient (Wildman–Crippen LogP) is 5.73. The van der Waals surface area contributed by atoms with E-state index in [2.05, 4.69) is 50.1 Å². The van der Waals surface area contributed by atoms with Crippen LogP contribution >= 0.6 is 43.5 Å². The summed E-state index contributed by atoms with van der Waals surface area (Å²) in [6, 6.07) is 16.4. The lowest BCUT2D eigenvalue weighted by atomic mass is 10.0. The monoisotopic (exact) mass is 372 g/mol. The Bertz CT molecular complexity index is 497. The van der Waals surface area contributed by atoms with E-state index in [9.17, 15) is 0 Å². The maximum Gasteiger partial charge on any atom is 0.0636 e. The van der Waals surface area contributed by atoms with Gasteiger partial charge < -0.3 is 0 Å². The van der Waals surface area contributed by atoms with Crippen LogP contribution in [0.1, 0.15) is 16.5 Å². The Kier molecular flexibility index (Phi) is 4.66. The molecule has 0 N–H and O–H groups in total. The van der Waals surface area contributed by atoms with Crippen molar-refractivity contribution in [3.63, 3.8) is 0 Å². The molecule has 0 aliphatic rings. The first-order valence-electron chi connectivity index (χ1n) is 5.30. The molecule has 0 heterocycles. The molecule has 1 atom stereocenters. The molecular weight excluding hydrogens is 363 g/mol. The van der Waals surface area contributed by atoms with E-state index in [-0.39, 0.29) is 5.38 Å². The Morgan fingerprint density at radius 2 is 1.71 bits per heavy atom. The lowest BCUT2D eigenvalue weighted by Gasteiger charge is -2.12. The molecule has 0 saturated heterocycles. The zero-order valence-corrected chi connectivity index (χ0v) is 13.0. The first-order valence-corrected chi connectivity index (χ1v) is 7.32. The molecule has 0 radical (unpaired) electrons. The van der Waals surface area contributed by atoms with Gasteiger partial charge in [-0.1, -0.05) is 68.3 Å². The van der Waals surface area contributed by atoms with Gasteiger partial charge in [0.2, 0.25) is 0 Å². The van der Waals surface area contributed by atoms with Crippen molar-refractivity contribution >= 4 is 43.5 Å². The Morgan fingerprint density at radius 3 is 2.35 bits per heavy atom. The average molecular weight is 375 g/mol. The topological polar surface area (TPSA) is 0 Å². The molecule has 88 valence electrons. The summed E-state index contributed by atoms with van der Waals surface area (Å²) in [6.07, 6.45) is 0.836. The van der Waals surface area contributed by atoms with E-state index in [1.165, 1.54) is 5.56 Å². The third-order valence-electron chi connectivity index (χ3n) is 2.56. The van der Waals surface area contributed by atoms with Crippen LogP contribution in [0.4, 0.5) is 0 Å². The number of halogens is 3. The van der Waals surface area contributed by atoms with Crippen LogP contribution in [0, 0.1) is 0 Å². The van der Waals surface area contributed by atoms with Crippen molar-refractivity contribution in [2.24, 2.45) is 0 Å². The summed E-state index contributed by atoms with van der Waals surface area (Å²) < 4.78 is 2.10. The number of hydrogen-bond acceptors (Lipinski definition) is 0. The highest BCUT2D eigenvalue weighted by atomic mass is 79.9. The molecule has 2 aromatic rings. The van der Waals surface area contributed by atoms with Crippen molar-refractivity contribution in [3.05, 3.63) is 68.6 Å². The number of hydrogen-bond donors (Lipinski definition) is 0. The molecule has 0 bridgehead atoms. The zero-order valence-electron chi connectivity index (χ0n) is 9.04. The van der Waals surface area contributed by atoms with Gasteiger partial charge in [-0.2, -0.15) is 0 Å². The number of rotatable bonds is 3. The minimum atomic E-state index is -0.0140. The molecule has 17 heavy (non-hydrogen) atoms. The molecule has 0 amide bonds. The maximum absolute atomic E-state index is 6.45. The molecule has 0 aliphatic carbocycles. The van der Waals surface area contributed by atoms with Crippen LogP contribution in [0.5, 0.6) is 0 Å². The number of benzene rings is 2. The predicted molar refractivity (Wildman–Crippen MR) is 80.6 cm³/mol. The summed E-state index contributed by atoms with van der Waals surface area (Å²) in [6.45, 7) is 0. The van der Waals surface area contributed by atoms with Crippen molar-refractivity contribution < 1.29 is 0 Å². The van der Waals surface area contributed by atoms with E-state index in [0.29, 0.717) is 0 Å². The quantitative estimate of drug-likeness (QED) is 0.602. The molecule has 2 rings (SSSR count). The minimum Gasteiger partial charge on any atom is -0.117 e. The summed E-state index contributed by atoms with van der Waals surface area (Å²) in [5.74, 6) is 0. The van der Waals surface area contributed by atoms with E-state index in [1.807, 2.05) is 30.3 Å². The fourth-order valence-electron chi connectivity index (χ4n) is 1.69. The van der Waals surface area contributed by atoms with E-state index >= 15 is 0 Å². The largest absolute Gasteiger partial charge is 0.117 e. The van der Waals surface area contributed by atoms with Crippen LogP contribution in [0.3, 0.4) is 0 Å². The van der Waals surface area contributed by atoms with Gasteiger partial charge in [-0.25, -0.2) is 0 Å². The fourth-order valence-corrected chi connectivity index (χ4v) is 3.51. The summed E-state index contributed by atoms with van der Waals surface area (Å²) in [5.41, 5.74) is 2.38. The summed E-state index contributed by atoms with van der Waals surface area (Å²) in [4.78, 5) is 0. The summed E-state index contributed by atoms with van der Waals surface area (Å²) in [5, 5.41) is -0.0140. The minimum absolute atomic E-state index is 0.0140. The van der Waals surface area contributed by atoms with Crippen LogP contribution in [0.2, 0.25) is 0 Å². The lowest BCUT2D eigenvalue weighted by molar-refractivity contribution is 0.914. The summed E-state index contributed by atoms with van der Waals surface area (Å²) >= 11 is 13.4. The average Bonchev–Trinajstić information content (AvgIpc) is 2.30. The van der Waals surface area contributed by atoms with Gasteiger partial charge in [0, 0.05) is 8.95 Å². The van der Waals surface area contributed by atoms with Gasteiger partial charge >= 0.3 is 0 Å². The van der Waals surface area contributed by atoms with Crippen LogP contribution in [0.15, 0.2) is 57.5 Å². The van der Waals surface area contributed by atoms with Crippen LogP contribution < -0.4 is 0 Å². The van der Waals surface area contributed by atoms with E-state index in [1.54, 1.807) is 0 Å². The highest BCUT2D eigenvalue weighted by molar-refractivity contribution is 9.11. The second-order valence-corrected chi connectivity index (χ2v) is 6.12. The normalized spacial score (nSPS) is 12.4. The Morgan fingerprint density at radius 1 is 1.00 bits per heavy atom. The maximum atomic E-state index is 6.45. The SMILES string of the molecule is ClC(Cc1ccccc1)c1ccc(Br)cc1Br. The summed E-state index contributed by atoms with van der Waals surface area (Å²) in [7, 11) is 0. The molecule has 1 unspecified atom stereocenters. The van der Waals surface area contributed by atoms with Gasteiger partial charge in [-0.3, -0.25) is 0 Å². The van der Waals surface area contributed by atoms with Gasteiger partial charge in [0.25, 0.3) is 0 Å². The van der Waals surface area contributed by atoms with Gasteiger partial charge in [0.05, 0.1) is 5.38 Å². The van der Waals surface area contributed by atoms with E-state index < -0.39 is 0 Å². The van der Waals surface area contributed by atoms with Gasteiger partial charge in [-0.05, 0) is 29.7 Å². The highest BCUT2D eigenvalue weighted by Crippen LogP contribution is 2.32. The molecule has 0 spiro atoms. The molecule has 0 aromatic heterocycles. The standard InChI is InChI=1S/C14H11Br2Cl/c15-11-6-7-12(13(16)9-11)14(17)8-10-4-2-1-3-5-10/h1-7,9,14H,8H2. The molecule has 3 heteroatoms. The molecule has 0 saturated carbocycles. The van der Waals surface area contributed by atoms with Crippen LogP contribution in [-0.2, 0) is 6.42 Å². The van der Waals surface area contributed by atoms with Crippen molar-refractivity contribution in [1.82, 2.24) is 0 Å². The molecule has 0 aliphatic heterocycles. The smallest absolute Gasteiger partial charge is 0.0636 e. The third kappa shape index (κ3) is 3.57. The molecule has 0 fully saturated rings. The first-order chi connectivity index (χ1) is 8.16. The van der Waals surface area contributed by atoms with Crippen LogP contribution in [0.25, 0.3) is 0 Å². The van der Waals surface area contributed by atoms with Crippen molar-refractivity contribution in [2.75, 3.05) is 0 Å². The third-order valence-corrected chi connectivity index (χ3v) is 4.13. The second-order valence-electron chi connectivity index (χ2n) is 3.82. The van der Waals surface area contributed by atoms with Gasteiger partial charge in [0.1, 0.15) is 0 Å². The molecule has 2 aromatic carbocycles. The molecule has 0 nitrogen and oxygen atoms in total. The van der Waals surface area contributed by atoms with E-state index in [0.717, 1.165) is 20.9 Å². The highest BCUT2D eigenvalue weighted by Gasteiger charge is 2.12. The second kappa shape index (κ2) is 6.03. The zero-order chi connectivity index (χ0) is 12.3. The van der Waals surface area contributed by atoms with Crippen LogP contribution in [-0.4, -0.2) is 0 Å². The lowest BCUT2D eigenvalue weighted by Crippen LogP contribution is -1.96. The van der Waals surface area contributed by atoms with Crippen molar-refractivity contribution in [1.29, 1.82) is 0 Å². The van der Waals surface area contributed by atoms with Gasteiger partial charge in [0.15, 0.2) is 0 Å². The first kappa shape index (κ1) is 13.1. The van der Waals surface area contributed by atoms with E-state index in [4.69, 9.17) is 11.6 Å². The van der Waals surface area contributed by atoms with Crippen molar-refractivity contribution in [3.8, 4) is 0 Å².